The number of rotatable bonds is 9. The number of piperazine rings is 1. The molecular formula is C26H31ClF2N8O2S. The summed E-state index contributed by atoms with van der Waals surface area (Å²) in [6, 6.07) is 7.30. The Hall–Kier alpha value is -3.26. The molecule has 3 aromatic rings. The van der Waals surface area contributed by atoms with Crippen LogP contribution in [0.25, 0.3) is 0 Å². The first-order chi connectivity index (χ1) is 19.3. The van der Waals surface area contributed by atoms with Gasteiger partial charge in [-0.1, -0.05) is 11.6 Å². The van der Waals surface area contributed by atoms with E-state index in [2.05, 4.69) is 42.3 Å². The molecule has 0 saturated carbocycles. The standard InChI is InChI=1S/C26H31ClF2N8O2S/c1-35-9-11-37(12-10-35)16-4-7-36(8-5-16)17-2-3-20(21(14-17)39-25(28)29)32-26-31-15-19(27)23(34-26)33-24-18(22(30)38)6-13-40-24/h2-3,6,13-16,25H,4-5,7-12H2,1H3,(H2,30,38)(H2,31,32,33,34). The Morgan fingerprint density at radius 3 is 2.60 bits per heavy atom. The number of nitrogens with zero attached hydrogens (tertiary/aromatic N) is 5. The number of likely N-dealkylation sites (N-methyl/N-ethyl adjacent to an activating group) is 1. The lowest BCUT2D eigenvalue weighted by atomic mass is 10.0. The summed E-state index contributed by atoms with van der Waals surface area (Å²) in [5.41, 5.74) is 6.80. The third kappa shape index (κ3) is 6.72. The maximum absolute atomic E-state index is 13.4. The molecule has 0 radical (unpaired) electrons. The van der Waals surface area contributed by atoms with Crippen LogP contribution in [0.2, 0.25) is 5.02 Å². The summed E-state index contributed by atoms with van der Waals surface area (Å²) in [5.74, 6) is -0.287. The van der Waals surface area contributed by atoms with E-state index in [1.54, 1.807) is 23.6 Å². The van der Waals surface area contributed by atoms with E-state index in [1.807, 2.05) is 6.07 Å². The van der Waals surface area contributed by atoms with Crippen LogP contribution in [-0.4, -0.2) is 84.6 Å². The van der Waals surface area contributed by atoms with Gasteiger partial charge in [-0.3, -0.25) is 9.69 Å². The first-order valence-electron chi connectivity index (χ1n) is 13.0. The summed E-state index contributed by atoms with van der Waals surface area (Å²) < 4.78 is 31.6. The fourth-order valence-corrected chi connectivity index (χ4v) is 5.95. The molecule has 0 atom stereocenters. The fourth-order valence-electron chi connectivity index (χ4n) is 5.02. The molecule has 2 fully saturated rings. The number of thiophene rings is 1. The Morgan fingerprint density at radius 2 is 1.90 bits per heavy atom. The molecule has 2 aromatic heterocycles. The van der Waals surface area contributed by atoms with Crippen molar-refractivity contribution in [2.24, 2.45) is 5.73 Å². The van der Waals surface area contributed by atoms with Gasteiger partial charge in [-0.15, -0.1) is 11.3 Å². The molecule has 2 saturated heterocycles. The number of primary amides is 1. The molecule has 10 nitrogen and oxygen atoms in total. The zero-order valence-corrected chi connectivity index (χ0v) is 23.5. The number of anilines is 5. The SMILES string of the molecule is CN1CCN(C2CCN(c3ccc(Nc4ncc(Cl)c(Nc5sccc5C(N)=O)n4)c(OC(F)F)c3)CC2)CC1. The molecule has 5 rings (SSSR count). The number of amides is 1. The molecule has 14 heteroatoms. The van der Waals surface area contributed by atoms with E-state index in [-0.39, 0.29) is 28.2 Å². The molecule has 0 unspecified atom stereocenters. The Bertz CT molecular complexity index is 1330. The van der Waals surface area contributed by atoms with Crippen molar-refractivity contribution in [1.29, 1.82) is 0 Å². The first kappa shape index (κ1) is 28.3. The zero-order valence-electron chi connectivity index (χ0n) is 21.9. The minimum atomic E-state index is -3.01. The van der Waals surface area contributed by atoms with Crippen molar-refractivity contribution < 1.29 is 18.3 Å². The molecular weight excluding hydrogens is 562 g/mol. The highest BCUT2D eigenvalue weighted by molar-refractivity contribution is 7.14. The molecule has 0 spiro atoms. The highest BCUT2D eigenvalue weighted by Gasteiger charge is 2.27. The van der Waals surface area contributed by atoms with Gasteiger partial charge in [-0.2, -0.15) is 13.8 Å². The summed E-state index contributed by atoms with van der Waals surface area (Å²) in [4.78, 5) is 27.3. The number of nitrogens with two attached hydrogens (primary N) is 1. The number of halogens is 3. The van der Waals surface area contributed by atoms with E-state index in [0.29, 0.717) is 16.6 Å². The third-order valence-corrected chi connectivity index (χ3v) is 8.32. The molecule has 0 bridgehead atoms. The summed E-state index contributed by atoms with van der Waals surface area (Å²) in [7, 11) is 2.15. The number of carbonyl (C=O) groups is 1. The van der Waals surface area contributed by atoms with Crippen molar-refractivity contribution in [3.8, 4) is 5.75 Å². The second-order valence-corrected chi connectivity index (χ2v) is 11.1. The van der Waals surface area contributed by atoms with Gasteiger partial charge < -0.3 is 30.9 Å². The van der Waals surface area contributed by atoms with Crippen LogP contribution in [0.15, 0.2) is 35.8 Å². The topological polar surface area (TPSA) is 112 Å². The Balaban J connectivity index is 1.29. The fraction of sp³-hybridized carbons (Fsp3) is 0.423. The van der Waals surface area contributed by atoms with Crippen LogP contribution < -0.4 is 26.0 Å². The maximum atomic E-state index is 13.4. The number of benzene rings is 1. The molecule has 4 N–H and O–H groups in total. The lowest BCUT2D eigenvalue weighted by molar-refractivity contribution is -0.0493. The van der Waals surface area contributed by atoms with Crippen molar-refractivity contribution in [2.45, 2.75) is 25.5 Å². The number of alkyl halides is 2. The van der Waals surface area contributed by atoms with Crippen molar-refractivity contribution in [2.75, 3.05) is 61.8 Å². The Morgan fingerprint density at radius 1 is 1.15 bits per heavy atom. The van der Waals surface area contributed by atoms with Crippen LogP contribution in [0.4, 0.5) is 36.9 Å². The van der Waals surface area contributed by atoms with Crippen molar-refractivity contribution in [3.63, 3.8) is 0 Å². The average Bonchev–Trinajstić information content (AvgIpc) is 3.40. The summed E-state index contributed by atoms with van der Waals surface area (Å²) in [6.45, 7) is 3.00. The quantitative estimate of drug-likeness (QED) is 0.328. The van der Waals surface area contributed by atoms with Gasteiger partial charge in [0.2, 0.25) is 5.95 Å². The lowest BCUT2D eigenvalue weighted by Gasteiger charge is -2.42. The van der Waals surface area contributed by atoms with E-state index in [1.165, 1.54) is 17.5 Å². The number of nitrogens with one attached hydrogen (secondary N) is 2. The van der Waals surface area contributed by atoms with Crippen LogP contribution in [0.5, 0.6) is 5.75 Å². The highest BCUT2D eigenvalue weighted by Crippen LogP contribution is 2.35. The number of carbonyl (C=O) groups excluding carboxylic acids is 1. The second-order valence-electron chi connectivity index (χ2n) is 9.78. The Kier molecular flexibility index (Phi) is 8.84. The summed E-state index contributed by atoms with van der Waals surface area (Å²) >= 11 is 7.52. The van der Waals surface area contributed by atoms with Gasteiger partial charge in [-0.25, -0.2) is 4.98 Å². The van der Waals surface area contributed by atoms with E-state index in [9.17, 15) is 13.6 Å². The van der Waals surface area contributed by atoms with Crippen molar-refractivity contribution in [1.82, 2.24) is 19.8 Å². The molecule has 214 valence electrons. The van der Waals surface area contributed by atoms with E-state index in [0.717, 1.165) is 57.8 Å². The third-order valence-electron chi connectivity index (χ3n) is 7.22. The Labute approximate surface area is 240 Å². The largest absolute Gasteiger partial charge is 0.433 e. The minimum Gasteiger partial charge on any atom is -0.433 e. The molecule has 0 aliphatic carbocycles. The second kappa shape index (κ2) is 12.5. The molecule has 2 aliphatic heterocycles. The first-order valence-corrected chi connectivity index (χ1v) is 14.2. The zero-order chi connectivity index (χ0) is 28.2. The van der Waals surface area contributed by atoms with Crippen molar-refractivity contribution in [3.05, 3.63) is 46.4 Å². The predicted octanol–water partition coefficient (Wildman–Crippen LogP) is 4.60. The van der Waals surface area contributed by atoms with Gasteiger partial charge in [-0.05, 0) is 43.5 Å². The van der Waals surface area contributed by atoms with Gasteiger partial charge in [0.15, 0.2) is 11.6 Å². The van der Waals surface area contributed by atoms with E-state index >= 15 is 0 Å². The lowest BCUT2D eigenvalue weighted by Crippen LogP contribution is -2.52. The maximum Gasteiger partial charge on any atom is 0.387 e. The van der Waals surface area contributed by atoms with Gasteiger partial charge in [0, 0.05) is 57.1 Å². The molecule has 1 amide bonds. The molecule has 40 heavy (non-hydrogen) atoms. The van der Waals surface area contributed by atoms with Gasteiger partial charge >= 0.3 is 6.61 Å². The van der Waals surface area contributed by atoms with Crippen LogP contribution in [-0.2, 0) is 0 Å². The molecule has 1 aromatic carbocycles. The number of aromatic nitrogens is 2. The average molecular weight is 593 g/mol. The van der Waals surface area contributed by atoms with Gasteiger partial charge in [0.05, 0.1) is 17.4 Å². The summed E-state index contributed by atoms with van der Waals surface area (Å²) in [6.07, 6.45) is 3.40. The van der Waals surface area contributed by atoms with Crippen LogP contribution >= 0.6 is 22.9 Å². The minimum absolute atomic E-state index is 0.0176. The van der Waals surface area contributed by atoms with Gasteiger partial charge in [0.25, 0.3) is 5.91 Å². The normalized spacial score (nSPS) is 17.3. The predicted molar refractivity (Wildman–Crippen MR) is 154 cm³/mol. The summed E-state index contributed by atoms with van der Waals surface area (Å²) in [5, 5.41) is 8.32. The number of piperidine rings is 1. The smallest absolute Gasteiger partial charge is 0.387 e. The van der Waals surface area contributed by atoms with Crippen molar-refractivity contribution >= 4 is 57.0 Å². The highest BCUT2D eigenvalue weighted by atomic mass is 35.5. The van der Waals surface area contributed by atoms with Gasteiger partial charge in [0.1, 0.15) is 10.0 Å². The number of hydrogen-bond donors (Lipinski definition) is 3. The van der Waals surface area contributed by atoms with Crippen LogP contribution in [0.3, 0.4) is 0 Å². The van der Waals surface area contributed by atoms with Crippen LogP contribution in [0.1, 0.15) is 23.2 Å². The number of hydrogen-bond acceptors (Lipinski definition) is 10. The molecule has 2 aliphatic rings. The van der Waals surface area contributed by atoms with Crippen LogP contribution in [0, 0.1) is 0 Å². The van der Waals surface area contributed by atoms with E-state index in [4.69, 9.17) is 22.1 Å². The monoisotopic (exact) mass is 592 g/mol. The van der Waals surface area contributed by atoms with E-state index < -0.39 is 12.5 Å². The molecule has 4 heterocycles. The number of ether oxygens (including phenoxy) is 1.